The van der Waals surface area contributed by atoms with Gasteiger partial charge in [-0.1, -0.05) is 0 Å². The zero-order valence-electron chi connectivity index (χ0n) is 18.1. The van der Waals surface area contributed by atoms with E-state index in [-0.39, 0.29) is 18.0 Å². The molecular formula is C23H23FN6O2S. The second-order valence-corrected chi connectivity index (χ2v) is 8.61. The van der Waals surface area contributed by atoms with Crippen molar-refractivity contribution in [1.29, 1.82) is 0 Å². The molecule has 0 radical (unpaired) electrons. The molecule has 8 nitrogen and oxygen atoms in total. The number of hydrogen-bond donors (Lipinski definition) is 1. The Bertz CT molecular complexity index is 1260. The fourth-order valence-corrected chi connectivity index (χ4v) is 4.72. The number of nitrogens with zero attached hydrogens (tertiary/aromatic N) is 5. The summed E-state index contributed by atoms with van der Waals surface area (Å²) < 4.78 is 20.6. The lowest BCUT2D eigenvalue weighted by molar-refractivity contribution is 0.0983. The summed E-state index contributed by atoms with van der Waals surface area (Å²) in [6, 6.07) is 8.33. The Kier molecular flexibility index (Phi) is 5.91. The van der Waals surface area contributed by atoms with Crippen molar-refractivity contribution in [2.24, 2.45) is 0 Å². The molecule has 1 aliphatic rings. The normalized spacial score (nSPS) is 14.5. The largest absolute Gasteiger partial charge is 0.450 e. The number of carbonyl (C=O) groups is 1. The SMILES string of the molecule is CCOC(=O)N1CCC(Nc2nccc(-c3c(-c4ccc(F)cc4)nc4sccn34)n2)CC1. The minimum atomic E-state index is -0.288. The number of piperidine rings is 1. The first-order chi connectivity index (χ1) is 16.1. The Balaban J connectivity index is 1.39. The number of benzene rings is 1. The number of ether oxygens (including phenoxy) is 1. The van der Waals surface area contributed by atoms with Crippen LogP contribution in [-0.2, 0) is 4.74 Å². The van der Waals surface area contributed by atoms with E-state index in [9.17, 15) is 9.18 Å². The highest BCUT2D eigenvalue weighted by atomic mass is 32.1. The van der Waals surface area contributed by atoms with Gasteiger partial charge in [0.2, 0.25) is 5.95 Å². The van der Waals surface area contributed by atoms with Crippen LogP contribution in [0.4, 0.5) is 15.1 Å². The third-order valence-corrected chi connectivity index (χ3v) is 6.39. The van der Waals surface area contributed by atoms with Gasteiger partial charge in [-0.05, 0) is 50.1 Å². The number of likely N-dealkylation sites (tertiary alicyclic amines) is 1. The van der Waals surface area contributed by atoms with E-state index >= 15 is 0 Å². The van der Waals surface area contributed by atoms with Crippen LogP contribution < -0.4 is 5.32 Å². The van der Waals surface area contributed by atoms with E-state index in [1.165, 1.54) is 23.5 Å². The van der Waals surface area contributed by atoms with Crippen LogP contribution in [0.25, 0.3) is 27.6 Å². The molecule has 1 aliphatic heterocycles. The first-order valence-electron chi connectivity index (χ1n) is 10.9. The smallest absolute Gasteiger partial charge is 0.409 e. The maximum absolute atomic E-state index is 13.5. The molecule has 0 saturated carbocycles. The number of hydrogen-bond acceptors (Lipinski definition) is 7. The van der Waals surface area contributed by atoms with Crippen LogP contribution in [-0.4, -0.2) is 56.1 Å². The summed E-state index contributed by atoms with van der Waals surface area (Å²) >= 11 is 1.53. The molecular weight excluding hydrogens is 443 g/mol. The lowest BCUT2D eigenvalue weighted by Crippen LogP contribution is -2.42. The molecule has 1 fully saturated rings. The molecule has 0 bridgehead atoms. The number of fused-ring (bicyclic) bond motifs is 1. The number of thiazole rings is 1. The molecule has 1 saturated heterocycles. The average molecular weight is 467 g/mol. The lowest BCUT2D eigenvalue weighted by atomic mass is 10.1. The van der Waals surface area contributed by atoms with Gasteiger partial charge in [-0.15, -0.1) is 11.3 Å². The van der Waals surface area contributed by atoms with Crippen molar-refractivity contribution in [3.8, 4) is 22.6 Å². The minimum Gasteiger partial charge on any atom is -0.450 e. The van der Waals surface area contributed by atoms with Crippen molar-refractivity contribution in [3.63, 3.8) is 0 Å². The average Bonchev–Trinajstić information content (AvgIpc) is 3.42. The maximum atomic E-state index is 13.5. The monoisotopic (exact) mass is 466 g/mol. The molecule has 1 aromatic carbocycles. The molecule has 3 aromatic heterocycles. The Morgan fingerprint density at radius 3 is 2.76 bits per heavy atom. The number of carbonyl (C=O) groups excluding carboxylic acids is 1. The van der Waals surface area contributed by atoms with Gasteiger partial charge in [0.1, 0.15) is 11.5 Å². The van der Waals surface area contributed by atoms with E-state index < -0.39 is 0 Å². The third-order valence-electron chi connectivity index (χ3n) is 5.63. The first-order valence-corrected chi connectivity index (χ1v) is 11.7. The third kappa shape index (κ3) is 4.38. The van der Waals surface area contributed by atoms with Gasteiger partial charge in [-0.2, -0.15) is 0 Å². The quantitative estimate of drug-likeness (QED) is 0.459. The molecule has 5 rings (SSSR count). The maximum Gasteiger partial charge on any atom is 0.409 e. The Morgan fingerprint density at radius 1 is 1.21 bits per heavy atom. The van der Waals surface area contributed by atoms with E-state index in [0.717, 1.165) is 40.4 Å². The number of aromatic nitrogens is 4. The Hall–Kier alpha value is -3.53. The van der Waals surface area contributed by atoms with E-state index in [2.05, 4.69) is 10.3 Å². The van der Waals surface area contributed by atoms with Crippen molar-refractivity contribution < 1.29 is 13.9 Å². The van der Waals surface area contributed by atoms with Crippen molar-refractivity contribution in [1.82, 2.24) is 24.3 Å². The highest BCUT2D eigenvalue weighted by molar-refractivity contribution is 7.15. The number of amides is 1. The van der Waals surface area contributed by atoms with Gasteiger partial charge in [0, 0.05) is 42.5 Å². The van der Waals surface area contributed by atoms with Crippen LogP contribution in [0.1, 0.15) is 19.8 Å². The van der Waals surface area contributed by atoms with E-state index in [0.29, 0.717) is 25.6 Å². The second-order valence-electron chi connectivity index (χ2n) is 7.74. The molecule has 10 heteroatoms. The van der Waals surface area contributed by atoms with Crippen LogP contribution in [0.3, 0.4) is 0 Å². The fourth-order valence-electron chi connectivity index (χ4n) is 4.00. The zero-order chi connectivity index (χ0) is 22.8. The fraction of sp³-hybridized carbons (Fsp3) is 0.304. The number of rotatable bonds is 5. The standard InChI is InChI=1S/C23H23FN6O2S/c1-2-32-23(31)29-11-8-17(9-12-29)26-21-25-10-7-18(27-21)20-19(15-3-5-16(24)6-4-15)28-22-30(20)13-14-33-22/h3-7,10,13-14,17H,2,8-9,11-12H2,1H3,(H,25,26,27). The van der Waals surface area contributed by atoms with Gasteiger partial charge < -0.3 is 15.0 Å². The van der Waals surface area contributed by atoms with Gasteiger partial charge in [0.05, 0.1) is 18.0 Å². The number of imidazole rings is 1. The molecule has 0 atom stereocenters. The molecule has 0 unspecified atom stereocenters. The summed E-state index contributed by atoms with van der Waals surface area (Å²) in [5.74, 6) is 0.237. The number of anilines is 1. The first kappa shape index (κ1) is 21.3. The topological polar surface area (TPSA) is 84.6 Å². The van der Waals surface area contributed by atoms with Gasteiger partial charge in [-0.25, -0.2) is 24.1 Å². The molecule has 170 valence electrons. The molecule has 1 N–H and O–H groups in total. The van der Waals surface area contributed by atoms with Gasteiger partial charge in [-0.3, -0.25) is 4.40 Å². The van der Waals surface area contributed by atoms with Crippen molar-refractivity contribution >= 4 is 28.3 Å². The highest BCUT2D eigenvalue weighted by Crippen LogP contribution is 2.33. The summed E-state index contributed by atoms with van der Waals surface area (Å²) in [7, 11) is 0. The van der Waals surface area contributed by atoms with E-state index in [1.54, 1.807) is 23.2 Å². The number of nitrogens with one attached hydrogen (secondary N) is 1. The molecule has 1 amide bonds. The Labute approximate surface area is 194 Å². The summed E-state index contributed by atoms with van der Waals surface area (Å²) in [4.78, 5) is 28.4. The molecule has 0 aliphatic carbocycles. The predicted octanol–water partition coefficient (Wildman–Crippen LogP) is 4.69. The van der Waals surface area contributed by atoms with Gasteiger partial charge >= 0.3 is 6.09 Å². The second kappa shape index (κ2) is 9.14. The van der Waals surface area contributed by atoms with Crippen molar-refractivity contribution in [2.45, 2.75) is 25.8 Å². The zero-order valence-corrected chi connectivity index (χ0v) is 18.9. The van der Waals surface area contributed by atoms with Crippen LogP contribution in [0.2, 0.25) is 0 Å². The summed E-state index contributed by atoms with van der Waals surface area (Å²) in [6.07, 6.45) is 4.99. The van der Waals surface area contributed by atoms with Crippen LogP contribution in [0.15, 0.2) is 48.1 Å². The summed E-state index contributed by atoms with van der Waals surface area (Å²) in [5, 5.41) is 5.38. The highest BCUT2D eigenvalue weighted by Gasteiger charge is 2.24. The van der Waals surface area contributed by atoms with Crippen LogP contribution in [0, 0.1) is 5.82 Å². The summed E-state index contributed by atoms with van der Waals surface area (Å²) in [6.45, 7) is 3.44. The van der Waals surface area contributed by atoms with Gasteiger partial charge in [0.25, 0.3) is 0 Å². The van der Waals surface area contributed by atoms with E-state index in [1.807, 2.05) is 29.0 Å². The number of halogens is 1. The minimum absolute atomic E-state index is 0.161. The molecule has 0 spiro atoms. The predicted molar refractivity (Wildman–Crippen MR) is 125 cm³/mol. The van der Waals surface area contributed by atoms with Gasteiger partial charge in [0.15, 0.2) is 4.96 Å². The molecule has 4 heterocycles. The van der Waals surface area contributed by atoms with E-state index in [4.69, 9.17) is 14.7 Å². The summed E-state index contributed by atoms with van der Waals surface area (Å²) in [5.41, 5.74) is 3.12. The lowest BCUT2D eigenvalue weighted by Gasteiger charge is -2.31. The van der Waals surface area contributed by atoms with Crippen molar-refractivity contribution in [3.05, 3.63) is 53.9 Å². The molecule has 33 heavy (non-hydrogen) atoms. The van der Waals surface area contributed by atoms with Crippen LogP contribution >= 0.6 is 11.3 Å². The Morgan fingerprint density at radius 2 is 2.00 bits per heavy atom. The molecule has 4 aromatic rings. The van der Waals surface area contributed by atoms with Crippen molar-refractivity contribution in [2.75, 3.05) is 25.0 Å². The van der Waals surface area contributed by atoms with Crippen LogP contribution in [0.5, 0.6) is 0 Å².